The average Bonchev–Trinajstić information content (AvgIpc) is 2.76. The third-order valence-corrected chi connectivity index (χ3v) is 6.67. The molecule has 0 radical (unpaired) electrons. The normalized spacial score (nSPS) is 21.5. The molecular formula is C25H28Cl2N2O4. The maximum atomic E-state index is 13.7. The highest BCUT2D eigenvalue weighted by molar-refractivity contribution is 6.30. The third-order valence-electron chi connectivity index (χ3n) is 6.18. The lowest BCUT2D eigenvalue weighted by molar-refractivity contribution is -0.152. The zero-order valence-electron chi connectivity index (χ0n) is 18.6. The van der Waals surface area contributed by atoms with Crippen LogP contribution in [0.25, 0.3) is 0 Å². The SMILES string of the molecule is CCC(CNC(C)=O)N1C(=O)[C@@H](CC(=O)O)C[C@H](c2cccc(Cl)c2)[C@H]1c1ccc(Cl)cc1. The van der Waals surface area contributed by atoms with Gasteiger partial charge >= 0.3 is 5.97 Å². The molecular weight excluding hydrogens is 463 g/mol. The van der Waals surface area contributed by atoms with Crippen LogP contribution in [0.15, 0.2) is 48.5 Å². The van der Waals surface area contributed by atoms with E-state index in [0.717, 1.165) is 11.1 Å². The molecule has 4 atom stereocenters. The van der Waals surface area contributed by atoms with Gasteiger partial charge in [-0.1, -0.05) is 54.4 Å². The van der Waals surface area contributed by atoms with Crippen LogP contribution in [0.5, 0.6) is 0 Å². The summed E-state index contributed by atoms with van der Waals surface area (Å²) in [6, 6.07) is 14.2. The van der Waals surface area contributed by atoms with Gasteiger partial charge in [0.25, 0.3) is 0 Å². The van der Waals surface area contributed by atoms with E-state index in [4.69, 9.17) is 23.2 Å². The van der Waals surface area contributed by atoms with Gasteiger partial charge in [0.2, 0.25) is 11.8 Å². The minimum atomic E-state index is -1.02. The molecule has 3 rings (SSSR count). The number of carbonyl (C=O) groups excluding carboxylic acids is 2. The Morgan fingerprint density at radius 1 is 1.12 bits per heavy atom. The van der Waals surface area contributed by atoms with Gasteiger partial charge in [-0.2, -0.15) is 0 Å². The number of hydrogen-bond donors (Lipinski definition) is 2. The van der Waals surface area contributed by atoms with Gasteiger partial charge in [0, 0.05) is 41.4 Å². The summed E-state index contributed by atoms with van der Waals surface area (Å²) < 4.78 is 0. The summed E-state index contributed by atoms with van der Waals surface area (Å²) in [6.07, 6.45) is 0.723. The zero-order chi connectivity index (χ0) is 24.1. The second kappa shape index (κ2) is 11.0. The van der Waals surface area contributed by atoms with Gasteiger partial charge in [-0.05, 0) is 48.2 Å². The van der Waals surface area contributed by atoms with Crippen molar-refractivity contribution in [2.75, 3.05) is 6.54 Å². The Morgan fingerprint density at radius 2 is 1.82 bits per heavy atom. The van der Waals surface area contributed by atoms with E-state index in [1.54, 1.807) is 23.1 Å². The van der Waals surface area contributed by atoms with Crippen LogP contribution < -0.4 is 5.32 Å². The highest BCUT2D eigenvalue weighted by Gasteiger charge is 2.46. The molecule has 33 heavy (non-hydrogen) atoms. The molecule has 2 N–H and O–H groups in total. The molecule has 2 aromatic carbocycles. The van der Waals surface area contributed by atoms with Gasteiger partial charge in [0.05, 0.1) is 12.5 Å². The molecule has 0 spiro atoms. The Bertz CT molecular complexity index is 1010. The number of carboxylic acids is 1. The van der Waals surface area contributed by atoms with E-state index >= 15 is 0 Å². The predicted molar refractivity (Wildman–Crippen MR) is 128 cm³/mol. The Balaban J connectivity index is 2.15. The quantitative estimate of drug-likeness (QED) is 0.541. The Labute approximate surface area is 203 Å². The number of carbonyl (C=O) groups is 3. The monoisotopic (exact) mass is 490 g/mol. The Kier molecular flexibility index (Phi) is 8.38. The molecule has 0 aromatic heterocycles. The van der Waals surface area contributed by atoms with Crippen molar-refractivity contribution in [3.05, 3.63) is 69.7 Å². The first-order valence-corrected chi connectivity index (χ1v) is 11.8. The van der Waals surface area contributed by atoms with Crippen LogP contribution in [-0.4, -0.2) is 40.4 Å². The van der Waals surface area contributed by atoms with Crippen LogP contribution in [0.2, 0.25) is 10.0 Å². The molecule has 176 valence electrons. The molecule has 1 heterocycles. The Morgan fingerprint density at radius 3 is 2.39 bits per heavy atom. The number of likely N-dealkylation sites (tertiary alicyclic amines) is 1. The summed E-state index contributed by atoms with van der Waals surface area (Å²) in [5, 5.41) is 13.5. The zero-order valence-corrected chi connectivity index (χ0v) is 20.1. The Hall–Kier alpha value is -2.57. The van der Waals surface area contributed by atoms with E-state index in [2.05, 4.69) is 5.32 Å². The number of carboxylic acid groups (broad SMARTS) is 1. The number of aliphatic carboxylic acids is 1. The number of rotatable bonds is 8. The lowest BCUT2D eigenvalue weighted by atomic mass is 9.74. The minimum Gasteiger partial charge on any atom is -0.481 e. The molecule has 1 aliphatic rings. The number of nitrogens with one attached hydrogen (secondary N) is 1. The van der Waals surface area contributed by atoms with Crippen LogP contribution >= 0.6 is 23.2 Å². The topological polar surface area (TPSA) is 86.7 Å². The summed E-state index contributed by atoms with van der Waals surface area (Å²) >= 11 is 12.4. The van der Waals surface area contributed by atoms with Gasteiger partial charge < -0.3 is 15.3 Å². The summed E-state index contributed by atoms with van der Waals surface area (Å²) in [5.74, 6) is -2.28. The first-order valence-electron chi connectivity index (χ1n) is 11.0. The molecule has 1 aliphatic heterocycles. The van der Waals surface area contributed by atoms with Gasteiger partial charge in [-0.3, -0.25) is 14.4 Å². The van der Waals surface area contributed by atoms with Crippen molar-refractivity contribution < 1.29 is 19.5 Å². The number of amides is 2. The molecule has 0 bridgehead atoms. The maximum Gasteiger partial charge on any atom is 0.304 e. The maximum absolute atomic E-state index is 13.7. The minimum absolute atomic E-state index is 0.182. The predicted octanol–water partition coefficient (Wildman–Crippen LogP) is 5.06. The average molecular weight is 491 g/mol. The molecule has 6 nitrogen and oxygen atoms in total. The van der Waals surface area contributed by atoms with E-state index in [-0.39, 0.29) is 42.8 Å². The highest BCUT2D eigenvalue weighted by atomic mass is 35.5. The van der Waals surface area contributed by atoms with E-state index < -0.39 is 11.9 Å². The van der Waals surface area contributed by atoms with Crippen LogP contribution in [-0.2, 0) is 14.4 Å². The molecule has 0 aliphatic carbocycles. The van der Waals surface area contributed by atoms with Crippen molar-refractivity contribution in [3.8, 4) is 0 Å². The number of halogens is 2. The summed E-state index contributed by atoms with van der Waals surface area (Å²) in [6.45, 7) is 3.67. The van der Waals surface area contributed by atoms with Gasteiger partial charge in [-0.25, -0.2) is 0 Å². The van der Waals surface area contributed by atoms with Gasteiger partial charge in [0.15, 0.2) is 0 Å². The standard InChI is InChI=1S/C25H28Cl2N2O4/c1-3-21(14-28-15(2)30)29-24(16-7-9-19(26)10-8-16)22(17-5-4-6-20(27)11-17)12-18(25(29)33)13-23(31)32/h4-11,18,21-22,24H,3,12-14H2,1-2H3,(H,28,30)(H,31,32)/t18-,21?,22-,24-/m1/s1. The number of piperidine rings is 1. The molecule has 0 saturated carbocycles. The lowest BCUT2D eigenvalue weighted by Crippen LogP contribution is -2.54. The lowest BCUT2D eigenvalue weighted by Gasteiger charge is -2.48. The fraction of sp³-hybridized carbons (Fsp3) is 0.400. The van der Waals surface area contributed by atoms with Crippen LogP contribution in [0.4, 0.5) is 0 Å². The van der Waals surface area contributed by atoms with E-state index in [1.807, 2.05) is 37.3 Å². The van der Waals surface area contributed by atoms with Gasteiger partial charge in [0.1, 0.15) is 0 Å². The highest BCUT2D eigenvalue weighted by Crippen LogP contribution is 2.47. The van der Waals surface area contributed by atoms with Crippen molar-refractivity contribution in [1.29, 1.82) is 0 Å². The molecule has 1 fully saturated rings. The number of nitrogens with zero attached hydrogens (tertiary/aromatic N) is 1. The van der Waals surface area contributed by atoms with Crippen molar-refractivity contribution in [3.63, 3.8) is 0 Å². The van der Waals surface area contributed by atoms with Crippen LogP contribution in [0, 0.1) is 5.92 Å². The first-order chi connectivity index (χ1) is 15.7. The van der Waals surface area contributed by atoms with Crippen molar-refractivity contribution in [1.82, 2.24) is 10.2 Å². The fourth-order valence-electron chi connectivity index (χ4n) is 4.68. The number of hydrogen-bond acceptors (Lipinski definition) is 3. The van der Waals surface area contributed by atoms with E-state index in [1.165, 1.54) is 6.92 Å². The molecule has 1 unspecified atom stereocenters. The molecule has 2 amide bonds. The first kappa shape index (κ1) is 25.1. The van der Waals surface area contributed by atoms with Crippen molar-refractivity contribution in [2.24, 2.45) is 5.92 Å². The summed E-state index contributed by atoms with van der Waals surface area (Å²) in [4.78, 5) is 38.7. The molecule has 8 heteroatoms. The molecule has 1 saturated heterocycles. The molecule has 2 aromatic rings. The summed E-state index contributed by atoms with van der Waals surface area (Å²) in [7, 11) is 0. The van der Waals surface area contributed by atoms with E-state index in [9.17, 15) is 19.5 Å². The smallest absolute Gasteiger partial charge is 0.304 e. The second-order valence-electron chi connectivity index (χ2n) is 8.43. The largest absolute Gasteiger partial charge is 0.481 e. The van der Waals surface area contributed by atoms with Crippen LogP contribution in [0.3, 0.4) is 0 Å². The van der Waals surface area contributed by atoms with Crippen LogP contribution in [0.1, 0.15) is 56.2 Å². The van der Waals surface area contributed by atoms with Crippen molar-refractivity contribution in [2.45, 2.75) is 51.1 Å². The fourth-order valence-corrected chi connectivity index (χ4v) is 5.00. The van der Waals surface area contributed by atoms with Crippen molar-refractivity contribution >= 4 is 41.0 Å². The second-order valence-corrected chi connectivity index (χ2v) is 9.31. The summed E-state index contributed by atoms with van der Waals surface area (Å²) in [5.41, 5.74) is 1.83. The van der Waals surface area contributed by atoms with Gasteiger partial charge in [-0.15, -0.1) is 0 Å². The van der Waals surface area contributed by atoms with E-state index in [0.29, 0.717) is 22.9 Å². The number of benzene rings is 2. The third kappa shape index (κ3) is 6.06.